The first-order valence-corrected chi connectivity index (χ1v) is 6.42. The molecule has 0 fully saturated rings. The van der Waals surface area contributed by atoms with Gasteiger partial charge in [0, 0.05) is 25.3 Å². The van der Waals surface area contributed by atoms with E-state index in [-0.39, 0.29) is 18.3 Å². The van der Waals surface area contributed by atoms with Crippen molar-refractivity contribution < 1.29 is 14.3 Å². The number of hydrogen-bond donors (Lipinski definition) is 1. The van der Waals surface area contributed by atoms with Crippen molar-refractivity contribution in [3.05, 3.63) is 29.6 Å². The highest BCUT2D eigenvalue weighted by atomic mass is 19.1. The van der Waals surface area contributed by atoms with Gasteiger partial charge in [0.2, 0.25) is 5.91 Å². The van der Waals surface area contributed by atoms with E-state index in [4.69, 9.17) is 5.11 Å². The summed E-state index contributed by atoms with van der Waals surface area (Å²) in [5.74, 6) is -0.235. The van der Waals surface area contributed by atoms with Crippen LogP contribution < -0.4 is 4.90 Å². The Hall–Kier alpha value is -1.42. The van der Waals surface area contributed by atoms with Crippen molar-refractivity contribution in [2.75, 3.05) is 18.1 Å². The van der Waals surface area contributed by atoms with Crippen LogP contribution in [0.3, 0.4) is 0 Å². The number of benzene rings is 1. The molecule has 0 radical (unpaired) electrons. The van der Waals surface area contributed by atoms with Gasteiger partial charge in [-0.3, -0.25) is 4.79 Å². The largest absolute Gasteiger partial charge is 0.396 e. The van der Waals surface area contributed by atoms with Crippen molar-refractivity contribution in [1.29, 1.82) is 0 Å². The maximum absolute atomic E-state index is 13.3. The van der Waals surface area contributed by atoms with E-state index in [1.165, 1.54) is 12.1 Å². The highest BCUT2D eigenvalue weighted by molar-refractivity contribution is 5.96. The predicted octanol–water partition coefficient (Wildman–Crippen LogP) is 2.27. The maximum Gasteiger partial charge on any atom is 0.227 e. The van der Waals surface area contributed by atoms with Crippen LogP contribution in [0.5, 0.6) is 0 Å². The number of fused-ring (bicyclic) bond motifs is 1. The summed E-state index contributed by atoms with van der Waals surface area (Å²) in [7, 11) is 0. The average molecular weight is 251 g/mol. The molecule has 0 unspecified atom stereocenters. The molecule has 0 aliphatic carbocycles. The third-order valence-corrected chi connectivity index (χ3v) is 3.29. The number of rotatable bonds is 5. The number of aryl methyl sites for hydroxylation is 1. The number of amides is 1. The van der Waals surface area contributed by atoms with Gasteiger partial charge in [-0.25, -0.2) is 4.39 Å². The van der Waals surface area contributed by atoms with Crippen molar-refractivity contribution in [3.8, 4) is 0 Å². The van der Waals surface area contributed by atoms with Crippen LogP contribution >= 0.6 is 0 Å². The van der Waals surface area contributed by atoms with E-state index in [9.17, 15) is 9.18 Å². The summed E-state index contributed by atoms with van der Waals surface area (Å²) in [5, 5.41) is 8.72. The lowest BCUT2D eigenvalue weighted by atomic mass is 10.0. The molecule has 0 bridgehead atoms. The number of carbonyl (C=O) groups is 1. The van der Waals surface area contributed by atoms with E-state index in [2.05, 4.69) is 0 Å². The van der Waals surface area contributed by atoms with E-state index < -0.39 is 0 Å². The van der Waals surface area contributed by atoms with Crippen molar-refractivity contribution in [2.24, 2.45) is 0 Å². The van der Waals surface area contributed by atoms with Crippen molar-refractivity contribution in [2.45, 2.75) is 32.1 Å². The predicted molar refractivity (Wildman–Crippen MR) is 68.0 cm³/mol. The molecule has 1 amide bonds. The van der Waals surface area contributed by atoms with Crippen LogP contribution in [0.4, 0.5) is 10.1 Å². The molecular formula is C14H18FNO2. The zero-order chi connectivity index (χ0) is 13.0. The van der Waals surface area contributed by atoms with E-state index in [1.54, 1.807) is 11.0 Å². The van der Waals surface area contributed by atoms with Crippen LogP contribution in [-0.2, 0) is 11.2 Å². The molecule has 1 aliphatic rings. The zero-order valence-corrected chi connectivity index (χ0v) is 10.4. The van der Waals surface area contributed by atoms with Crippen LogP contribution in [0.2, 0.25) is 0 Å². The lowest BCUT2D eigenvalue weighted by Crippen LogP contribution is -2.36. The van der Waals surface area contributed by atoms with Crippen LogP contribution in [0.1, 0.15) is 31.2 Å². The van der Waals surface area contributed by atoms with E-state index >= 15 is 0 Å². The second kappa shape index (κ2) is 5.96. The summed E-state index contributed by atoms with van der Waals surface area (Å²) < 4.78 is 13.3. The van der Waals surface area contributed by atoms with Crippen molar-refractivity contribution >= 4 is 11.6 Å². The molecule has 0 atom stereocenters. The summed E-state index contributed by atoms with van der Waals surface area (Å²) in [5.41, 5.74) is 1.76. The monoisotopic (exact) mass is 251 g/mol. The van der Waals surface area contributed by atoms with Gasteiger partial charge in [-0.1, -0.05) is 6.07 Å². The average Bonchev–Trinajstić information content (AvgIpc) is 2.36. The molecule has 4 heteroatoms. The number of anilines is 1. The normalized spacial score (nSPS) is 14.8. The van der Waals surface area contributed by atoms with Crippen molar-refractivity contribution in [3.63, 3.8) is 0 Å². The number of aliphatic hydroxyl groups is 1. The summed E-state index contributed by atoms with van der Waals surface area (Å²) in [6.07, 6.45) is 3.66. The molecule has 98 valence electrons. The topological polar surface area (TPSA) is 40.5 Å². The Bertz CT molecular complexity index is 434. The zero-order valence-electron chi connectivity index (χ0n) is 10.4. The summed E-state index contributed by atoms with van der Waals surface area (Å²) >= 11 is 0. The minimum atomic E-state index is -0.302. The van der Waals surface area contributed by atoms with Crippen molar-refractivity contribution in [1.82, 2.24) is 0 Å². The summed E-state index contributed by atoms with van der Waals surface area (Å²) in [4.78, 5) is 13.6. The minimum absolute atomic E-state index is 0.0668. The first kappa shape index (κ1) is 13.0. The fourth-order valence-corrected chi connectivity index (χ4v) is 2.31. The molecule has 1 aromatic carbocycles. The van der Waals surface area contributed by atoms with Gasteiger partial charge in [0.05, 0.1) is 0 Å². The summed E-state index contributed by atoms with van der Waals surface area (Å²) in [6.45, 7) is 0.786. The van der Waals surface area contributed by atoms with Gasteiger partial charge in [0.15, 0.2) is 0 Å². The smallest absolute Gasteiger partial charge is 0.227 e. The molecular weight excluding hydrogens is 233 g/mol. The second-order valence-corrected chi connectivity index (χ2v) is 4.60. The molecule has 0 saturated carbocycles. The van der Waals surface area contributed by atoms with Crippen LogP contribution in [0.15, 0.2) is 18.2 Å². The maximum atomic E-state index is 13.3. The first-order chi connectivity index (χ1) is 8.72. The fraction of sp³-hybridized carbons (Fsp3) is 0.500. The summed E-state index contributed by atoms with van der Waals surface area (Å²) in [6, 6.07) is 4.65. The number of halogens is 1. The molecule has 2 rings (SSSR count). The second-order valence-electron chi connectivity index (χ2n) is 4.60. The molecule has 0 spiro atoms. The van der Waals surface area contributed by atoms with Gasteiger partial charge in [0.1, 0.15) is 5.82 Å². The van der Waals surface area contributed by atoms with Gasteiger partial charge in [-0.05, 0) is 43.4 Å². The Kier molecular flexibility index (Phi) is 4.31. The molecule has 1 aromatic rings. The van der Waals surface area contributed by atoms with Gasteiger partial charge in [0.25, 0.3) is 0 Å². The van der Waals surface area contributed by atoms with E-state index in [0.717, 1.165) is 30.5 Å². The molecule has 1 aliphatic heterocycles. The molecule has 0 saturated heterocycles. The number of unbranched alkanes of at least 4 members (excludes halogenated alkanes) is 2. The Balaban J connectivity index is 2.09. The molecule has 1 N–H and O–H groups in total. The van der Waals surface area contributed by atoms with E-state index in [0.29, 0.717) is 19.4 Å². The standard InChI is InChI=1S/C14H18FNO2/c15-12-6-4-11-5-7-14(18)16(13(11)10-12)8-2-1-3-9-17/h4,6,10,17H,1-3,5,7-9H2. The van der Waals surface area contributed by atoms with Gasteiger partial charge in [-0.15, -0.1) is 0 Å². The fourth-order valence-electron chi connectivity index (χ4n) is 2.31. The highest BCUT2D eigenvalue weighted by Crippen LogP contribution is 2.28. The minimum Gasteiger partial charge on any atom is -0.396 e. The SMILES string of the molecule is O=C1CCc2ccc(F)cc2N1CCCCCO. The number of hydrogen-bond acceptors (Lipinski definition) is 2. The lowest BCUT2D eigenvalue weighted by Gasteiger charge is -2.29. The number of carbonyl (C=O) groups excluding carboxylic acids is 1. The molecule has 18 heavy (non-hydrogen) atoms. The Morgan fingerprint density at radius 1 is 1.22 bits per heavy atom. The van der Waals surface area contributed by atoms with Gasteiger partial charge >= 0.3 is 0 Å². The lowest BCUT2D eigenvalue weighted by molar-refractivity contribution is -0.118. The Labute approximate surface area is 106 Å². The third-order valence-electron chi connectivity index (χ3n) is 3.29. The quantitative estimate of drug-likeness (QED) is 0.815. The highest BCUT2D eigenvalue weighted by Gasteiger charge is 2.23. The molecule has 0 aromatic heterocycles. The third kappa shape index (κ3) is 2.88. The first-order valence-electron chi connectivity index (χ1n) is 6.42. The Morgan fingerprint density at radius 3 is 2.83 bits per heavy atom. The van der Waals surface area contributed by atoms with Gasteiger partial charge < -0.3 is 10.0 Å². The molecule has 1 heterocycles. The van der Waals surface area contributed by atoms with Crippen LogP contribution in [-0.4, -0.2) is 24.2 Å². The number of nitrogens with zero attached hydrogens (tertiary/aromatic N) is 1. The van der Waals surface area contributed by atoms with E-state index in [1.807, 2.05) is 0 Å². The Morgan fingerprint density at radius 2 is 2.06 bits per heavy atom. The number of aliphatic hydroxyl groups excluding tert-OH is 1. The van der Waals surface area contributed by atoms with Crippen LogP contribution in [0.25, 0.3) is 0 Å². The van der Waals surface area contributed by atoms with Gasteiger partial charge in [-0.2, -0.15) is 0 Å². The van der Waals surface area contributed by atoms with Crippen LogP contribution in [0, 0.1) is 5.82 Å². The molecule has 3 nitrogen and oxygen atoms in total.